The zero-order valence-electron chi connectivity index (χ0n) is 32.7. The molecule has 8 rings (SSSR count). The fourth-order valence-electron chi connectivity index (χ4n) is 6.56. The molecule has 21 nitrogen and oxygen atoms in total. The number of carbonyl (C=O) groups excluding carboxylic acids is 2. The monoisotopic (exact) mass is 887 g/mol. The summed E-state index contributed by atoms with van der Waals surface area (Å²) in [6.07, 6.45) is 0. The van der Waals surface area contributed by atoms with E-state index < -0.39 is 17.8 Å². The van der Waals surface area contributed by atoms with Crippen molar-refractivity contribution in [2.45, 2.75) is 18.7 Å². The number of carboxylic acid groups (broad SMARTS) is 1. The Hall–Kier alpha value is -7.96. The first-order valence-electron chi connectivity index (χ1n) is 18.1. The van der Waals surface area contributed by atoms with Gasteiger partial charge in [0.25, 0.3) is 5.91 Å². The summed E-state index contributed by atoms with van der Waals surface area (Å²) >= 11 is 1.61. The molecule has 0 saturated carbocycles. The molecule has 0 bridgehead atoms. The topological polar surface area (TPSA) is 302 Å². The van der Waals surface area contributed by atoms with Gasteiger partial charge in [-0.15, -0.1) is 29.9 Å². The van der Waals surface area contributed by atoms with Crippen molar-refractivity contribution in [1.82, 2.24) is 14.4 Å². The highest BCUT2D eigenvalue weighted by Crippen LogP contribution is 2.47. The average Bonchev–Trinajstić information content (AvgIpc) is 3.85. The highest BCUT2D eigenvalue weighted by molar-refractivity contribution is 7.94. The summed E-state index contributed by atoms with van der Waals surface area (Å²) in [5.41, 5.74) is 8.39. The second kappa shape index (κ2) is 17.2. The van der Waals surface area contributed by atoms with Crippen molar-refractivity contribution in [1.29, 1.82) is 0 Å². The van der Waals surface area contributed by atoms with Gasteiger partial charge >= 0.3 is 5.97 Å². The van der Waals surface area contributed by atoms with E-state index in [9.17, 15) is 29.7 Å². The molecular weight excluding hydrogens is 859 g/mol. The Morgan fingerprint density at radius 1 is 0.873 bits per heavy atom. The molecule has 0 radical (unpaired) electrons. The van der Waals surface area contributed by atoms with Crippen molar-refractivity contribution >= 4 is 118 Å². The number of benzene rings is 5. The summed E-state index contributed by atoms with van der Waals surface area (Å²) < 4.78 is 12.2. The number of nitrogens with two attached hydrogens (primary N) is 1. The number of azo groups is 3. The van der Waals surface area contributed by atoms with Crippen LogP contribution in [0, 0.1) is 6.92 Å². The van der Waals surface area contributed by atoms with Crippen LogP contribution in [0.4, 0.5) is 39.3 Å². The van der Waals surface area contributed by atoms with Crippen molar-refractivity contribution in [3.8, 4) is 17.4 Å². The number of fused-ring (bicyclic) bond motifs is 5. The van der Waals surface area contributed by atoms with Gasteiger partial charge in [0.2, 0.25) is 16.9 Å². The number of pyridine rings is 1. The average molecular weight is 888 g/mol. The number of aromatic hydroxyl groups is 2. The molecule has 316 valence electrons. The number of aromatic carboxylic acids is 1. The van der Waals surface area contributed by atoms with Crippen LogP contribution in [-0.4, -0.2) is 59.8 Å². The zero-order chi connectivity index (χ0) is 44.5. The number of nitrogens with one attached hydrogen (secondary N) is 1. The number of rotatable bonds is 13. The Balaban J connectivity index is 1.14. The van der Waals surface area contributed by atoms with Crippen LogP contribution in [0.5, 0.6) is 17.4 Å². The summed E-state index contributed by atoms with van der Waals surface area (Å²) in [6.45, 7) is 2.85. The lowest BCUT2D eigenvalue weighted by molar-refractivity contribution is -0.432. The fraction of sp³-hybridized carbons (Fsp3) is 0.0750. The van der Waals surface area contributed by atoms with Crippen LogP contribution < -0.4 is 15.8 Å². The molecule has 23 heteroatoms. The number of para-hydroxylation sites is 2. The molecule has 0 aliphatic heterocycles. The van der Waals surface area contributed by atoms with Crippen LogP contribution >= 0.6 is 23.4 Å². The number of carboxylic acids is 1. The number of hydrogen-bond donors (Lipinski definition) is 6. The minimum absolute atomic E-state index is 0.0277. The number of phenolic OH excluding ortho intramolecular Hbond substituents is 1. The van der Waals surface area contributed by atoms with Gasteiger partial charge in [-0.2, -0.15) is 5.11 Å². The minimum atomic E-state index is -1.08. The number of ether oxygens (including phenoxy) is 1. The summed E-state index contributed by atoms with van der Waals surface area (Å²) in [4.78, 5) is 45.3. The number of methoxy groups -OCH3 is 1. The molecule has 5 aromatic carbocycles. The largest absolute Gasteiger partial charge is 0.505 e. The molecule has 0 saturated heterocycles. The Labute approximate surface area is 360 Å². The highest BCUT2D eigenvalue weighted by atomic mass is 32.2. The normalized spacial score (nSPS) is 11.9. The third kappa shape index (κ3) is 8.15. The van der Waals surface area contributed by atoms with Crippen LogP contribution in [0.3, 0.4) is 0 Å². The number of thiazole rings is 1. The van der Waals surface area contributed by atoms with Gasteiger partial charge in [0.05, 0.1) is 67.8 Å². The lowest BCUT2D eigenvalue weighted by atomic mass is 10.1. The number of carbonyl (C=O) groups is 3. The molecule has 0 aliphatic rings. The fourth-order valence-corrected chi connectivity index (χ4v) is 7.89. The van der Waals surface area contributed by atoms with Gasteiger partial charge in [0.1, 0.15) is 28.5 Å². The van der Waals surface area contributed by atoms with Crippen molar-refractivity contribution < 1.29 is 49.1 Å². The van der Waals surface area contributed by atoms with Crippen LogP contribution in [0.25, 0.3) is 37.7 Å². The first-order chi connectivity index (χ1) is 30.3. The number of phenols is 1. The number of aromatic nitrogens is 3. The number of anilines is 1. The third-order valence-corrected chi connectivity index (χ3v) is 10.9. The van der Waals surface area contributed by atoms with Crippen LogP contribution in [0.15, 0.2) is 114 Å². The van der Waals surface area contributed by atoms with E-state index in [2.05, 4.69) is 51.0 Å². The maximum absolute atomic E-state index is 12.6. The molecule has 0 aliphatic carbocycles. The second-order valence-electron chi connectivity index (χ2n) is 13.3. The number of primary amides is 1. The highest BCUT2D eigenvalue weighted by Gasteiger charge is 2.24. The Morgan fingerprint density at radius 2 is 1.65 bits per heavy atom. The van der Waals surface area contributed by atoms with Gasteiger partial charge in [-0.1, -0.05) is 28.5 Å². The van der Waals surface area contributed by atoms with Gasteiger partial charge in [-0.3, -0.25) is 14.0 Å². The van der Waals surface area contributed by atoms with Crippen LogP contribution in [-0.2, 0) is 14.2 Å². The van der Waals surface area contributed by atoms with Crippen molar-refractivity contribution in [3.05, 3.63) is 95.6 Å². The molecule has 7 N–H and O–H groups in total. The molecule has 3 aromatic heterocycles. The van der Waals surface area contributed by atoms with E-state index in [4.69, 9.17) is 20.1 Å². The third-order valence-electron chi connectivity index (χ3n) is 9.37. The van der Waals surface area contributed by atoms with Crippen molar-refractivity contribution in [2.75, 3.05) is 12.4 Å². The quantitative estimate of drug-likeness (QED) is 0.0272. The predicted octanol–water partition coefficient (Wildman–Crippen LogP) is 10.4. The van der Waals surface area contributed by atoms with Crippen molar-refractivity contribution in [2.24, 2.45) is 36.4 Å². The van der Waals surface area contributed by atoms with E-state index in [0.717, 1.165) is 11.3 Å². The van der Waals surface area contributed by atoms with E-state index in [1.165, 1.54) is 60.9 Å². The summed E-state index contributed by atoms with van der Waals surface area (Å²) in [5, 5.41) is 74.3. The van der Waals surface area contributed by atoms with Gasteiger partial charge < -0.3 is 31.1 Å². The molecule has 0 spiro atoms. The first kappa shape index (κ1) is 41.8. The summed E-state index contributed by atoms with van der Waals surface area (Å²) in [5.74, 6) is -2.83. The predicted molar refractivity (Wildman–Crippen MR) is 230 cm³/mol. The molecular formula is C40H29N11O10S2. The van der Waals surface area contributed by atoms with Gasteiger partial charge in [0, 0.05) is 18.4 Å². The van der Waals surface area contributed by atoms with Gasteiger partial charge in [-0.25, -0.2) is 20.0 Å². The molecule has 2 amide bonds. The maximum Gasteiger partial charge on any atom is 0.335 e. The van der Waals surface area contributed by atoms with E-state index in [-0.39, 0.29) is 89.3 Å². The smallest absolute Gasteiger partial charge is 0.335 e. The summed E-state index contributed by atoms with van der Waals surface area (Å²) in [6, 6.07) is 20.5. The number of imidazole rings is 1. The standard InChI is InChI=1S/C40H29N11O10S2/c1-17-32(36(41)54)37-43-23-6-4-5-7-28(23)51(37)38(55)33(17)48-45-21-9-10-22-20(12-21)14-31(63-61-60-58)34(35(22)53)49-46-26-16-29(59-3)27(15-25(26)42-18(2)52)47-50-40-44-24-11-8-19(39(56)57)13-30(24)62-40/h4-16,53,55,58H,1-3H3,(H2,41,54)(H,42,52)(H,56,57). The molecule has 0 atom stereocenters. The van der Waals surface area contributed by atoms with E-state index in [1.54, 1.807) is 43.3 Å². The van der Waals surface area contributed by atoms with Crippen LogP contribution in [0.2, 0.25) is 0 Å². The minimum Gasteiger partial charge on any atom is -0.505 e. The van der Waals surface area contributed by atoms with E-state index in [0.29, 0.717) is 38.7 Å². The maximum atomic E-state index is 12.6. The molecule has 63 heavy (non-hydrogen) atoms. The van der Waals surface area contributed by atoms with Crippen molar-refractivity contribution in [3.63, 3.8) is 0 Å². The second-order valence-corrected chi connectivity index (χ2v) is 15.1. The number of amides is 2. The van der Waals surface area contributed by atoms with E-state index in [1.807, 2.05) is 0 Å². The number of hydrogen-bond acceptors (Lipinski definition) is 19. The zero-order valence-corrected chi connectivity index (χ0v) is 34.3. The SMILES string of the molecule is COc1cc(N=Nc2c(SOOO)cc3cc(N=Nc4c(C)c(C(N)=O)c5nc6ccccc6n5c4O)ccc3c2O)c(NC(C)=O)cc1N=Nc1nc2ccc(C(=O)O)cc2s1. The van der Waals surface area contributed by atoms with E-state index >= 15 is 0 Å². The lowest BCUT2D eigenvalue weighted by Gasteiger charge is -2.12. The number of nitrogens with zero attached hydrogens (tertiary/aromatic N) is 9. The lowest BCUT2D eigenvalue weighted by Crippen LogP contribution is -2.15. The molecule has 0 fully saturated rings. The summed E-state index contributed by atoms with van der Waals surface area (Å²) in [7, 11) is 1.38. The Morgan fingerprint density at radius 3 is 2.40 bits per heavy atom. The first-order valence-corrected chi connectivity index (χ1v) is 19.7. The molecule has 0 unspecified atom stereocenters. The Kier molecular flexibility index (Phi) is 11.4. The Bertz CT molecular complexity index is 3300. The molecule has 3 heterocycles. The van der Waals surface area contributed by atoms with Gasteiger partial charge in [0.15, 0.2) is 11.4 Å². The molecule has 8 aromatic rings. The van der Waals surface area contributed by atoms with Crippen LogP contribution in [0.1, 0.15) is 33.2 Å². The van der Waals surface area contributed by atoms with Gasteiger partial charge in [-0.05, 0) is 78.5 Å².